The van der Waals surface area contributed by atoms with E-state index in [2.05, 4.69) is 19.2 Å². The smallest absolute Gasteiger partial charge is 0.306 e. The largest absolute Gasteiger partial charge is 0.456 e. The van der Waals surface area contributed by atoms with Crippen LogP contribution in [0.15, 0.2) is 12.1 Å². The average Bonchev–Trinajstić information content (AvgIpc) is 3.01. The zero-order chi connectivity index (χ0) is 18.4. The summed E-state index contributed by atoms with van der Waals surface area (Å²) in [6, 6.07) is 3.43. The topological polar surface area (TPSA) is 72.5 Å². The van der Waals surface area contributed by atoms with Crippen molar-refractivity contribution >= 4 is 40.6 Å². The fraction of sp³-hybridized carbons (Fsp3) is 0.611. The molecule has 0 aromatic carbocycles. The minimum atomic E-state index is -0.545. The number of ether oxygens (including phenoxy) is 1. The van der Waals surface area contributed by atoms with E-state index in [1.807, 2.05) is 0 Å². The Morgan fingerprint density at radius 1 is 1.24 bits per heavy atom. The predicted molar refractivity (Wildman–Crippen MR) is 98.0 cm³/mol. The molecule has 5 nitrogen and oxygen atoms in total. The van der Waals surface area contributed by atoms with E-state index in [1.54, 1.807) is 12.1 Å². The summed E-state index contributed by atoms with van der Waals surface area (Å²) in [6.07, 6.45) is 3.26. The molecule has 1 N–H and O–H groups in total. The van der Waals surface area contributed by atoms with Gasteiger partial charge >= 0.3 is 5.97 Å². The van der Waals surface area contributed by atoms with Crippen LogP contribution in [0.4, 0.5) is 0 Å². The molecule has 1 aromatic heterocycles. The lowest BCUT2D eigenvalue weighted by Crippen LogP contribution is -2.45. The van der Waals surface area contributed by atoms with Crippen molar-refractivity contribution in [3.8, 4) is 0 Å². The number of hydrogen-bond donors (Lipinski definition) is 1. The standard InChI is InChI=1S/C18H24ClNO4S/c1-11-4-3-5-13(12(11)2)20-17(22)10-24-18(23)9-6-14(21)15-7-8-16(19)25-15/h7-8,11-13H,3-6,9-10H2,1-2H3,(H,20,22)/t11-,12-,13+/m1/s1. The number of esters is 1. The first-order valence-corrected chi connectivity index (χ1v) is 9.79. The quantitative estimate of drug-likeness (QED) is 0.571. The minimum absolute atomic E-state index is 0.0432. The van der Waals surface area contributed by atoms with E-state index in [1.165, 1.54) is 17.8 Å². The first-order chi connectivity index (χ1) is 11.9. The minimum Gasteiger partial charge on any atom is -0.456 e. The Morgan fingerprint density at radius 2 is 2.00 bits per heavy atom. The number of hydrogen-bond acceptors (Lipinski definition) is 5. The summed E-state index contributed by atoms with van der Waals surface area (Å²) in [6.45, 7) is 4.04. The van der Waals surface area contributed by atoms with Crippen LogP contribution < -0.4 is 5.32 Å². The van der Waals surface area contributed by atoms with Crippen LogP contribution in [0.25, 0.3) is 0 Å². The van der Waals surface area contributed by atoms with E-state index < -0.39 is 5.97 Å². The molecule has 138 valence electrons. The van der Waals surface area contributed by atoms with Crippen LogP contribution in [0.3, 0.4) is 0 Å². The van der Waals surface area contributed by atoms with Gasteiger partial charge in [-0.1, -0.05) is 38.3 Å². The fourth-order valence-corrected chi connectivity index (χ4v) is 4.07. The van der Waals surface area contributed by atoms with E-state index in [0.29, 0.717) is 21.0 Å². The zero-order valence-corrected chi connectivity index (χ0v) is 16.1. The molecule has 25 heavy (non-hydrogen) atoms. The van der Waals surface area contributed by atoms with Crippen molar-refractivity contribution in [3.05, 3.63) is 21.3 Å². The maximum Gasteiger partial charge on any atom is 0.306 e. The molecule has 0 bridgehead atoms. The molecule has 1 fully saturated rings. The lowest BCUT2D eigenvalue weighted by Gasteiger charge is -2.34. The number of thiophene rings is 1. The van der Waals surface area contributed by atoms with Gasteiger partial charge in [-0.2, -0.15) is 0 Å². The van der Waals surface area contributed by atoms with Crippen LogP contribution in [-0.2, 0) is 14.3 Å². The molecule has 3 atom stereocenters. The molecule has 0 saturated heterocycles. The second-order valence-electron chi connectivity index (χ2n) is 6.63. The summed E-state index contributed by atoms with van der Waals surface area (Å²) in [5, 5.41) is 2.95. The molecule has 1 amide bonds. The predicted octanol–water partition coefficient (Wildman–Crippen LogP) is 3.85. The molecule has 0 spiro atoms. The van der Waals surface area contributed by atoms with Gasteiger partial charge in [0.2, 0.25) is 0 Å². The monoisotopic (exact) mass is 385 g/mol. The number of nitrogens with one attached hydrogen (secondary N) is 1. The molecule has 7 heteroatoms. The summed E-state index contributed by atoms with van der Waals surface area (Å²) >= 11 is 6.97. The van der Waals surface area contributed by atoms with Crippen molar-refractivity contribution in [2.75, 3.05) is 6.61 Å². The van der Waals surface area contributed by atoms with Crippen LogP contribution in [0.2, 0.25) is 4.34 Å². The van der Waals surface area contributed by atoms with Crippen LogP contribution in [0.5, 0.6) is 0 Å². The molecular formula is C18H24ClNO4S. The van der Waals surface area contributed by atoms with Gasteiger partial charge in [-0.25, -0.2) is 0 Å². The summed E-state index contributed by atoms with van der Waals surface area (Å²) in [5.74, 6) is 0.0252. The Balaban J connectivity index is 1.67. The average molecular weight is 386 g/mol. The number of halogens is 1. The molecule has 1 saturated carbocycles. The highest BCUT2D eigenvalue weighted by Gasteiger charge is 2.28. The Labute approximate surface area is 157 Å². The maximum atomic E-state index is 12.0. The zero-order valence-electron chi connectivity index (χ0n) is 14.5. The van der Waals surface area contributed by atoms with E-state index in [0.717, 1.165) is 12.8 Å². The third-order valence-corrected chi connectivity index (χ3v) is 6.09. The van der Waals surface area contributed by atoms with E-state index >= 15 is 0 Å². The first kappa shape index (κ1) is 19.9. The Bertz CT molecular complexity index is 630. The first-order valence-electron chi connectivity index (χ1n) is 8.60. The Morgan fingerprint density at radius 3 is 2.68 bits per heavy atom. The third-order valence-electron chi connectivity index (χ3n) is 4.82. The van der Waals surface area contributed by atoms with Crippen LogP contribution >= 0.6 is 22.9 Å². The number of ketones is 1. The third kappa shape index (κ3) is 6.12. The molecule has 0 aliphatic heterocycles. The molecule has 1 aromatic rings. The van der Waals surface area contributed by atoms with Crippen molar-refractivity contribution in [3.63, 3.8) is 0 Å². The number of Topliss-reactive ketones (excluding diaryl/α,β-unsaturated/α-hetero) is 1. The highest BCUT2D eigenvalue weighted by Crippen LogP contribution is 2.29. The van der Waals surface area contributed by atoms with Gasteiger partial charge in [0.05, 0.1) is 15.6 Å². The summed E-state index contributed by atoms with van der Waals surface area (Å²) in [4.78, 5) is 36.1. The second kappa shape index (κ2) is 9.34. The van der Waals surface area contributed by atoms with Gasteiger partial charge in [-0.15, -0.1) is 11.3 Å². The summed E-state index contributed by atoms with van der Waals surface area (Å²) < 4.78 is 5.51. The lowest BCUT2D eigenvalue weighted by atomic mass is 9.78. The fourth-order valence-electron chi connectivity index (χ4n) is 3.06. The molecule has 2 rings (SSSR count). The van der Waals surface area contributed by atoms with Crippen LogP contribution in [0.1, 0.15) is 55.6 Å². The van der Waals surface area contributed by atoms with Crippen molar-refractivity contribution < 1.29 is 19.1 Å². The second-order valence-corrected chi connectivity index (χ2v) is 8.34. The van der Waals surface area contributed by atoms with Gasteiger partial charge in [-0.05, 0) is 30.4 Å². The van der Waals surface area contributed by atoms with E-state index in [-0.39, 0.29) is 37.2 Å². The van der Waals surface area contributed by atoms with Gasteiger partial charge in [0, 0.05) is 12.5 Å². The summed E-state index contributed by atoms with van der Waals surface area (Å²) in [7, 11) is 0. The Kier molecular flexibility index (Phi) is 7.44. The van der Waals surface area contributed by atoms with Gasteiger partial charge in [0.15, 0.2) is 12.4 Å². The van der Waals surface area contributed by atoms with Crippen molar-refractivity contribution in [2.45, 2.75) is 52.0 Å². The van der Waals surface area contributed by atoms with Gasteiger partial charge in [-0.3, -0.25) is 14.4 Å². The number of amides is 1. The van der Waals surface area contributed by atoms with Gasteiger partial charge < -0.3 is 10.1 Å². The molecule has 0 unspecified atom stereocenters. The molecule has 1 heterocycles. The summed E-state index contributed by atoms with van der Waals surface area (Å²) in [5.41, 5.74) is 0. The van der Waals surface area contributed by atoms with Gasteiger partial charge in [0.25, 0.3) is 5.91 Å². The van der Waals surface area contributed by atoms with E-state index in [9.17, 15) is 14.4 Å². The van der Waals surface area contributed by atoms with Crippen molar-refractivity contribution in [1.29, 1.82) is 0 Å². The molecule has 1 aliphatic rings. The van der Waals surface area contributed by atoms with Crippen LogP contribution in [-0.4, -0.2) is 30.3 Å². The molecular weight excluding hydrogens is 362 g/mol. The maximum absolute atomic E-state index is 12.0. The number of carbonyl (C=O) groups excluding carboxylic acids is 3. The molecule has 1 aliphatic carbocycles. The van der Waals surface area contributed by atoms with Crippen LogP contribution in [0, 0.1) is 11.8 Å². The molecule has 0 radical (unpaired) electrons. The Hall–Kier alpha value is -1.40. The van der Waals surface area contributed by atoms with E-state index in [4.69, 9.17) is 16.3 Å². The van der Waals surface area contributed by atoms with Gasteiger partial charge in [0.1, 0.15) is 0 Å². The highest BCUT2D eigenvalue weighted by atomic mass is 35.5. The van der Waals surface area contributed by atoms with Crippen molar-refractivity contribution in [1.82, 2.24) is 5.32 Å². The number of rotatable bonds is 7. The number of carbonyl (C=O) groups is 3. The normalized spacial score (nSPS) is 23.1. The SMILES string of the molecule is C[C@@H]1[C@H](C)CCC[C@@H]1NC(=O)COC(=O)CCC(=O)c1ccc(Cl)s1. The highest BCUT2D eigenvalue weighted by molar-refractivity contribution is 7.18. The van der Waals surface area contributed by atoms with Crippen molar-refractivity contribution in [2.24, 2.45) is 11.8 Å². The lowest BCUT2D eigenvalue weighted by molar-refractivity contribution is -0.148.